The van der Waals surface area contributed by atoms with Crippen LogP contribution in [0.5, 0.6) is 0 Å². The Labute approximate surface area is 113 Å². The molecule has 4 rings (SSSR count). The van der Waals surface area contributed by atoms with Gasteiger partial charge in [0.2, 0.25) is 0 Å². The summed E-state index contributed by atoms with van der Waals surface area (Å²) in [4.78, 5) is 4.88. The smallest absolute Gasteiger partial charge is 0.112 e. The number of ether oxygens (including phenoxy) is 2. The van der Waals surface area contributed by atoms with Gasteiger partial charge in [0.15, 0.2) is 0 Å². The number of imidazole rings is 1. The van der Waals surface area contributed by atoms with Crippen molar-refractivity contribution in [3.63, 3.8) is 0 Å². The van der Waals surface area contributed by atoms with Gasteiger partial charge in [-0.25, -0.2) is 4.98 Å². The third-order valence-electron chi connectivity index (χ3n) is 4.23. The lowest BCUT2D eigenvalue weighted by atomic mass is 10.2. The van der Waals surface area contributed by atoms with Gasteiger partial charge in [-0.15, -0.1) is 0 Å². The number of rotatable bonds is 3. The molecule has 1 unspecified atom stereocenters. The zero-order valence-electron chi connectivity index (χ0n) is 11.2. The standard InChI is InChI=1S/C14H21N3O2/c1-2-10(1)14-16-12-7-15-4-3-13(12)17(14)8-11-9-18-5-6-19-11/h10-11,15H,1-9H2. The van der Waals surface area contributed by atoms with E-state index in [2.05, 4.69) is 9.88 Å². The Bertz CT molecular complexity index is 462. The van der Waals surface area contributed by atoms with Crippen molar-refractivity contribution in [1.29, 1.82) is 0 Å². The second-order valence-corrected chi connectivity index (χ2v) is 5.74. The van der Waals surface area contributed by atoms with Crippen LogP contribution >= 0.6 is 0 Å². The molecular formula is C14H21N3O2. The summed E-state index contributed by atoms with van der Waals surface area (Å²) in [5.74, 6) is 1.98. The molecule has 0 amide bonds. The first-order chi connectivity index (χ1) is 9.42. The monoisotopic (exact) mass is 263 g/mol. The summed E-state index contributed by atoms with van der Waals surface area (Å²) >= 11 is 0. The Hall–Kier alpha value is -0.910. The van der Waals surface area contributed by atoms with E-state index in [1.54, 1.807) is 0 Å². The molecule has 19 heavy (non-hydrogen) atoms. The summed E-state index contributed by atoms with van der Waals surface area (Å²) in [6.45, 7) is 5.07. The number of hydrogen-bond donors (Lipinski definition) is 1. The average Bonchev–Trinajstić information content (AvgIpc) is 3.24. The maximum Gasteiger partial charge on any atom is 0.112 e. The van der Waals surface area contributed by atoms with E-state index in [1.807, 2.05) is 0 Å². The predicted molar refractivity (Wildman–Crippen MR) is 70.2 cm³/mol. The minimum Gasteiger partial charge on any atom is -0.376 e. The highest BCUT2D eigenvalue weighted by Crippen LogP contribution is 2.40. The van der Waals surface area contributed by atoms with E-state index in [0.29, 0.717) is 5.92 Å². The maximum absolute atomic E-state index is 5.81. The van der Waals surface area contributed by atoms with Gasteiger partial charge in [0.05, 0.1) is 38.2 Å². The minimum atomic E-state index is 0.194. The van der Waals surface area contributed by atoms with Gasteiger partial charge in [0, 0.05) is 31.1 Å². The molecule has 0 spiro atoms. The van der Waals surface area contributed by atoms with E-state index in [4.69, 9.17) is 14.5 Å². The van der Waals surface area contributed by atoms with E-state index in [9.17, 15) is 0 Å². The fourth-order valence-corrected chi connectivity index (χ4v) is 3.09. The SMILES string of the molecule is C1Cc2c(nc(C3CC3)n2CC2COCCO2)CN1. The van der Waals surface area contributed by atoms with Crippen molar-refractivity contribution >= 4 is 0 Å². The van der Waals surface area contributed by atoms with Gasteiger partial charge in [0.25, 0.3) is 0 Å². The fraction of sp³-hybridized carbons (Fsp3) is 0.786. The molecule has 3 heterocycles. The second kappa shape index (κ2) is 4.89. The van der Waals surface area contributed by atoms with Crippen LogP contribution in [0.15, 0.2) is 0 Å². The summed E-state index contributed by atoms with van der Waals surface area (Å²) in [6.07, 6.45) is 3.87. The van der Waals surface area contributed by atoms with Crippen LogP contribution in [0.2, 0.25) is 0 Å². The van der Waals surface area contributed by atoms with Crippen LogP contribution in [-0.4, -0.2) is 42.0 Å². The Balaban J connectivity index is 1.62. The quantitative estimate of drug-likeness (QED) is 0.877. The highest BCUT2D eigenvalue weighted by Gasteiger charge is 2.32. The lowest BCUT2D eigenvalue weighted by molar-refractivity contribution is -0.0940. The summed E-state index contributed by atoms with van der Waals surface area (Å²) in [5, 5.41) is 3.41. The molecule has 5 nitrogen and oxygen atoms in total. The van der Waals surface area contributed by atoms with Crippen molar-refractivity contribution in [2.24, 2.45) is 0 Å². The normalized spacial score (nSPS) is 27.3. The van der Waals surface area contributed by atoms with Crippen molar-refractivity contribution in [3.05, 3.63) is 17.2 Å². The van der Waals surface area contributed by atoms with Crippen LogP contribution in [0.1, 0.15) is 36.0 Å². The molecule has 1 aromatic rings. The van der Waals surface area contributed by atoms with Gasteiger partial charge in [-0.1, -0.05) is 0 Å². The van der Waals surface area contributed by atoms with E-state index in [0.717, 1.165) is 45.9 Å². The van der Waals surface area contributed by atoms with E-state index in [-0.39, 0.29) is 6.10 Å². The lowest BCUT2D eigenvalue weighted by Crippen LogP contribution is -2.34. The van der Waals surface area contributed by atoms with Crippen molar-refractivity contribution in [3.8, 4) is 0 Å². The van der Waals surface area contributed by atoms with Crippen molar-refractivity contribution in [2.75, 3.05) is 26.4 Å². The molecule has 1 saturated heterocycles. The third kappa shape index (κ3) is 2.30. The molecule has 1 aliphatic carbocycles. The summed E-state index contributed by atoms with van der Waals surface area (Å²) in [5.41, 5.74) is 2.68. The Morgan fingerprint density at radius 1 is 1.32 bits per heavy atom. The van der Waals surface area contributed by atoms with Crippen LogP contribution in [0.4, 0.5) is 0 Å². The predicted octanol–water partition coefficient (Wildman–Crippen LogP) is 0.822. The zero-order chi connectivity index (χ0) is 12.7. The Morgan fingerprint density at radius 2 is 2.26 bits per heavy atom. The number of fused-ring (bicyclic) bond motifs is 1. The molecule has 2 aliphatic heterocycles. The highest BCUT2D eigenvalue weighted by atomic mass is 16.6. The first kappa shape index (κ1) is 11.9. The first-order valence-corrected chi connectivity index (χ1v) is 7.40. The second-order valence-electron chi connectivity index (χ2n) is 5.74. The van der Waals surface area contributed by atoms with E-state index < -0.39 is 0 Å². The number of aromatic nitrogens is 2. The molecule has 0 aromatic carbocycles. The fourth-order valence-electron chi connectivity index (χ4n) is 3.09. The topological polar surface area (TPSA) is 48.3 Å². The van der Waals surface area contributed by atoms with Gasteiger partial charge >= 0.3 is 0 Å². The van der Waals surface area contributed by atoms with Gasteiger partial charge in [-0.05, 0) is 12.8 Å². The molecule has 3 aliphatic rings. The van der Waals surface area contributed by atoms with Crippen molar-refractivity contribution in [2.45, 2.75) is 44.4 Å². The molecular weight excluding hydrogens is 242 g/mol. The van der Waals surface area contributed by atoms with Crippen LogP contribution in [0.25, 0.3) is 0 Å². The van der Waals surface area contributed by atoms with Crippen LogP contribution in [0.3, 0.4) is 0 Å². The highest BCUT2D eigenvalue weighted by molar-refractivity contribution is 5.24. The number of nitrogens with one attached hydrogen (secondary N) is 1. The van der Waals surface area contributed by atoms with Crippen LogP contribution in [0, 0.1) is 0 Å². The molecule has 0 radical (unpaired) electrons. The maximum atomic E-state index is 5.81. The van der Waals surface area contributed by atoms with Crippen molar-refractivity contribution in [1.82, 2.24) is 14.9 Å². The summed E-state index contributed by atoms with van der Waals surface area (Å²) < 4.78 is 13.8. The Kier molecular flexibility index (Phi) is 3.06. The molecule has 1 atom stereocenters. The molecule has 1 N–H and O–H groups in total. The van der Waals surface area contributed by atoms with Gasteiger partial charge < -0.3 is 19.4 Å². The number of nitrogens with zero attached hydrogens (tertiary/aromatic N) is 2. The average molecular weight is 263 g/mol. The van der Waals surface area contributed by atoms with Crippen LogP contribution < -0.4 is 5.32 Å². The molecule has 0 bridgehead atoms. The Morgan fingerprint density at radius 3 is 3.05 bits per heavy atom. The third-order valence-corrected chi connectivity index (χ3v) is 4.23. The largest absolute Gasteiger partial charge is 0.376 e. The zero-order valence-corrected chi connectivity index (χ0v) is 11.2. The van der Waals surface area contributed by atoms with Gasteiger partial charge in [-0.3, -0.25) is 0 Å². The molecule has 5 heteroatoms. The molecule has 1 saturated carbocycles. The first-order valence-electron chi connectivity index (χ1n) is 7.40. The van der Waals surface area contributed by atoms with Gasteiger partial charge in [-0.2, -0.15) is 0 Å². The van der Waals surface area contributed by atoms with E-state index in [1.165, 1.54) is 30.1 Å². The lowest BCUT2D eigenvalue weighted by Gasteiger charge is -2.25. The van der Waals surface area contributed by atoms with Crippen LogP contribution in [-0.2, 0) is 29.0 Å². The molecule has 1 aromatic heterocycles. The minimum absolute atomic E-state index is 0.194. The summed E-state index contributed by atoms with van der Waals surface area (Å²) in [7, 11) is 0. The number of hydrogen-bond acceptors (Lipinski definition) is 4. The van der Waals surface area contributed by atoms with Crippen molar-refractivity contribution < 1.29 is 9.47 Å². The van der Waals surface area contributed by atoms with Gasteiger partial charge in [0.1, 0.15) is 5.82 Å². The molecule has 104 valence electrons. The summed E-state index contributed by atoms with van der Waals surface area (Å²) in [6, 6.07) is 0. The van der Waals surface area contributed by atoms with E-state index >= 15 is 0 Å². The molecule has 2 fully saturated rings.